The van der Waals surface area contributed by atoms with E-state index >= 15 is 0 Å². The quantitative estimate of drug-likeness (QED) is 0.281. The zero-order chi connectivity index (χ0) is 15.8. The van der Waals surface area contributed by atoms with Crippen LogP contribution in [0.2, 0.25) is 0 Å². The Morgan fingerprint density at radius 3 is 1.40 bits per heavy atom. The van der Waals surface area contributed by atoms with Crippen molar-refractivity contribution < 1.29 is 34.1 Å². The van der Waals surface area contributed by atoms with Crippen molar-refractivity contribution in [3.8, 4) is 0 Å². The van der Waals surface area contributed by atoms with Gasteiger partial charge in [0.25, 0.3) is 0 Å². The molecule has 1 fully saturated rings. The van der Waals surface area contributed by atoms with Crippen LogP contribution < -0.4 is 0 Å². The molecule has 0 radical (unpaired) electrons. The zero-order valence-electron chi connectivity index (χ0n) is 14.0. The monoisotopic (exact) mass is 410 g/mol. The van der Waals surface area contributed by atoms with Crippen LogP contribution in [0.3, 0.4) is 0 Å². The molecule has 1 aliphatic carbocycles. The minimum absolute atomic E-state index is 0. The summed E-state index contributed by atoms with van der Waals surface area (Å²) in [7, 11) is 0. The van der Waals surface area contributed by atoms with Gasteiger partial charge in [-0.2, -0.15) is 54.1 Å². The number of rotatable bonds is 2. The first-order valence-corrected chi connectivity index (χ1v) is 8.20. The van der Waals surface area contributed by atoms with Gasteiger partial charge in [-0.25, -0.2) is 41.8 Å². The first kappa shape index (κ1) is 21.5. The van der Waals surface area contributed by atoms with E-state index in [0.717, 1.165) is 0 Å². The molecule has 1 saturated carbocycles. The molecule has 0 unspecified atom stereocenters. The van der Waals surface area contributed by atoms with Gasteiger partial charge in [0.1, 0.15) is 0 Å². The average molecular weight is 410 g/mol. The molecule has 5 rings (SSSR count). The van der Waals surface area contributed by atoms with Crippen molar-refractivity contribution in [2.75, 3.05) is 0 Å². The van der Waals surface area contributed by atoms with Crippen molar-refractivity contribution in [1.29, 1.82) is 0 Å². The van der Waals surface area contributed by atoms with E-state index in [2.05, 4.69) is 48.5 Å². The summed E-state index contributed by atoms with van der Waals surface area (Å²) in [6, 6.07) is 37.5. The van der Waals surface area contributed by atoms with Crippen LogP contribution in [-0.2, 0) is 39.6 Å². The van der Waals surface area contributed by atoms with E-state index < -0.39 is 0 Å². The fourth-order valence-electron chi connectivity index (χ4n) is 2.90. The van der Waals surface area contributed by atoms with E-state index in [1.54, 1.807) is 0 Å². The summed E-state index contributed by atoms with van der Waals surface area (Å²) in [5.74, 6) is 0. The number of hydrogen-bond acceptors (Lipinski definition) is 0. The topological polar surface area (TPSA) is 0 Å². The molecular weight excluding hydrogens is 388 g/mol. The van der Waals surface area contributed by atoms with E-state index in [1.807, 2.05) is 60.7 Å². The molecule has 4 aromatic rings. The molecule has 0 bridgehead atoms. The third kappa shape index (κ3) is 6.03. The van der Waals surface area contributed by atoms with E-state index in [0.29, 0.717) is 5.41 Å². The van der Waals surface area contributed by atoms with Crippen LogP contribution in [0.15, 0.2) is 109 Å². The predicted octanol–water partition coefficient (Wildman–Crippen LogP) is 6.01. The Labute approximate surface area is 172 Å². The van der Waals surface area contributed by atoms with Crippen LogP contribution in [0.1, 0.15) is 24.0 Å². The Morgan fingerprint density at radius 1 is 0.640 bits per heavy atom. The predicted molar refractivity (Wildman–Crippen MR) is 98.2 cm³/mol. The van der Waals surface area contributed by atoms with Gasteiger partial charge in [-0.1, -0.05) is 12.8 Å². The first-order chi connectivity index (χ1) is 11.4. The van der Waals surface area contributed by atoms with E-state index in [4.69, 9.17) is 0 Å². The maximum atomic E-state index is 2.25. The Balaban J connectivity index is 0.000000219. The molecule has 2 heteroatoms. The molecule has 0 heterocycles. The van der Waals surface area contributed by atoms with Gasteiger partial charge in [0.15, 0.2) is 0 Å². The third-order valence-electron chi connectivity index (χ3n) is 4.29. The van der Waals surface area contributed by atoms with Gasteiger partial charge in [-0.3, -0.25) is 0 Å². The minimum Gasteiger partial charge on any atom is -0.748 e. The fourth-order valence-corrected chi connectivity index (χ4v) is 2.90. The van der Waals surface area contributed by atoms with Crippen molar-refractivity contribution in [2.45, 2.75) is 18.3 Å². The molecule has 25 heavy (non-hydrogen) atoms. The van der Waals surface area contributed by atoms with Gasteiger partial charge in [-0.15, -0.1) is 0 Å². The smallest absolute Gasteiger partial charge is 0 e. The van der Waals surface area contributed by atoms with Crippen molar-refractivity contribution in [3.63, 3.8) is 0 Å². The first-order valence-electron chi connectivity index (χ1n) is 8.20. The summed E-state index contributed by atoms with van der Waals surface area (Å²) >= 11 is 0. The molecule has 0 aliphatic heterocycles. The fraction of sp³-hybridized carbons (Fsp3) is 0.130. The molecule has 4 aromatic carbocycles. The molecule has 0 nitrogen and oxygen atoms in total. The van der Waals surface area contributed by atoms with Crippen LogP contribution in [0, 0.1) is 0 Å². The second-order valence-corrected chi connectivity index (χ2v) is 5.85. The van der Waals surface area contributed by atoms with Gasteiger partial charge in [0, 0.05) is 34.1 Å². The second kappa shape index (κ2) is 11.1. The largest absolute Gasteiger partial charge is 0.748 e. The van der Waals surface area contributed by atoms with Gasteiger partial charge < -0.3 is 29.8 Å². The summed E-state index contributed by atoms with van der Waals surface area (Å²) in [4.78, 5) is 0. The second-order valence-electron chi connectivity index (χ2n) is 5.85. The molecule has 138 valence electrons. The normalized spacial score (nSPS) is 13.0. The SMILES string of the molecule is [Fe].[Fe].c1cc[c-](C2([c-]3[cH-][cH-][cH-][cH-]3)CC2)c1.c1cc[cH-]c1.c1cc[cH-]c1. The Morgan fingerprint density at radius 2 is 1.08 bits per heavy atom. The van der Waals surface area contributed by atoms with Crippen LogP contribution in [0.5, 0.6) is 0 Å². The maximum absolute atomic E-state index is 2.25. The molecule has 0 saturated heterocycles. The van der Waals surface area contributed by atoms with E-state index in [1.165, 1.54) is 24.0 Å². The maximum Gasteiger partial charge on any atom is 0 e. The molecule has 0 atom stereocenters. The zero-order valence-corrected chi connectivity index (χ0v) is 16.2. The Hall–Kier alpha value is -1.56. The molecule has 1 aliphatic rings. The molecular formula is C23H22Fe2-8. The van der Waals surface area contributed by atoms with Gasteiger partial charge in [0.05, 0.1) is 0 Å². The summed E-state index contributed by atoms with van der Waals surface area (Å²) in [6.07, 6.45) is 2.64. The summed E-state index contributed by atoms with van der Waals surface area (Å²) in [6.45, 7) is 0. The molecule has 0 spiro atoms. The standard InChI is InChI=1S/C13H12.2C5H5.2Fe/c1-2-6-11(5-1)13(9-10-13)12-7-3-4-8-12;2*1-2-4-5-3-1;;/h1-8H,9-10H2;2*1-5H;;/q-6;2*-1;;. The minimum atomic E-state index is 0. The molecule has 0 N–H and O–H groups in total. The average Bonchev–Trinajstić information content (AvgIpc) is 3.30. The van der Waals surface area contributed by atoms with Gasteiger partial charge in [-0.05, 0) is 0 Å². The molecule has 0 aromatic heterocycles. The van der Waals surface area contributed by atoms with Gasteiger partial charge >= 0.3 is 0 Å². The van der Waals surface area contributed by atoms with Crippen LogP contribution in [0.25, 0.3) is 0 Å². The Kier molecular flexibility index (Phi) is 9.56. The van der Waals surface area contributed by atoms with Crippen LogP contribution >= 0.6 is 0 Å². The molecule has 0 amide bonds. The van der Waals surface area contributed by atoms with Crippen molar-refractivity contribution in [1.82, 2.24) is 0 Å². The van der Waals surface area contributed by atoms with Crippen LogP contribution in [0.4, 0.5) is 0 Å². The number of hydrogen-bond donors (Lipinski definition) is 0. The summed E-state index contributed by atoms with van der Waals surface area (Å²) in [5, 5.41) is 0. The Bertz CT molecular complexity index is 613. The van der Waals surface area contributed by atoms with Gasteiger partial charge in [0.2, 0.25) is 0 Å². The van der Waals surface area contributed by atoms with E-state index in [-0.39, 0.29) is 34.1 Å². The summed E-state index contributed by atoms with van der Waals surface area (Å²) < 4.78 is 0. The summed E-state index contributed by atoms with van der Waals surface area (Å²) in [5.41, 5.74) is 3.39. The van der Waals surface area contributed by atoms with Crippen LogP contribution in [-0.4, -0.2) is 0 Å². The third-order valence-corrected chi connectivity index (χ3v) is 4.29. The van der Waals surface area contributed by atoms with Crippen molar-refractivity contribution >= 4 is 0 Å². The van der Waals surface area contributed by atoms with Crippen molar-refractivity contribution in [3.05, 3.63) is 120 Å². The van der Waals surface area contributed by atoms with E-state index in [9.17, 15) is 0 Å². The van der Waals surface area contributed by atoms with Crippen molar-refractivity contribution in [2.24, 2.45) is 0 Å².